The van der Waals surface area contributed by atoms with E-state index in [1.165, 1.54) is 11.1 Å². The number of benzene rings is 1. The largest absolute Gasteiger partial charge is 0.275 e. The fourth-order valence-corrected chi connectivity index (χ4v) is 2.74. The Morgan fingerprint density at radius 2 is 1.93 bits per heavy atom. The Kier molecular flexibility index (Phi) is 1.96. The zero-order chi connectivity index (χ0) is 10.3. The molecule has 3 nitrogen and oxygen atoms in total. The summed E-state index contributed by atoms with van der Waals surface area (Å²) in [6.07, 6.45) is 0. The second-order valence-corrected chi connectivity index (χ2v) is 9.43. The molecule has 0 saturated carbocycles. The summed E-state index contributed by atoms with van der Waals surface area (Å²) in [7, 11) is -1.43. The highest BCUT2D eigenvalue weighted by atomic mass is 28.3. The summed E-state index contributed by atoms with van der Waals surface area (Å²) < 4.78 is 2.11. The molecule has 0 radical (unpaired) electrons. The van der Waals surface area contributed by atoms with Gasteiger partial charge in [-0.2, -0.15) is 0 Å². The van der Waals surface area contributed by atoms with Crippen molar-refractivity contribution in [2.24, 2.45) is 0 Å². The smallest absolute Gasteiger partial charge is 0.179 e. The van der Waals surface area contributed by atoms with E-state index >= 15 is 0 Å². The number of hydrogen-bond donors (Lipinski definition) is 0. The molecule has 74 valence electrons. The molecule has 0 saturated heterocycles. The average molecular weight is 205 g/mol. The molecule has 0 spiro atoms. The maximum absolute atomic E-state index is 4.24. The van der Waals surface area contributed by atoms with Gasteiger partial charge in [0.05, 0.1) is 5.52 Å². The molecule has 1 aromatic heterocycles. The van der Waals surface area contributed by atoms with Crippen LogP contribution in [0.3, 0.4) is 0 Å². The number of hydrogen-bond acceptors (Lipinski definition) is 2. The number of nitrogens with zero attached hydrogens (tertiary/aromatic N) is 3. The highest BCUT2D eigenvalue weighted by Crippen LogP contribution is 2.16. The molecular formula is C10H15N3Si. The minimum Gasteiger partial charge on any atom is -0.275 e. The number of rotatable bonds is 1. The van der Waals surface area contributed by atoms with Gasteiger partial charge in [-0.05, 0) is 44.3 Å². The zero-order valence-electron chi connectivity index (χ0n) is 9.07. The molecule has 2 aromatic rings. The Morgan fingerprint density at radius 3 is 2.57 bits per heavy atom. The van der Waals surface area contributed by atoms with E-state index < -0.39 is 8.24 Å². The molecule has 0 atom stereocenters. The Balaban J connectivity index is 2.73. The molecule has 0 aliphatic rings. The first-order chi connectivity index (χ1) is 6.48. The van der Waals surface area contributed by atoms with Crippen LogP contribution in [0, 0.1) is 6.92 Å². The van der Waals surface area contributed by atoms with Crippen molar-refractivity contribution in [2.45, 2.75) is 26.6 Å². The van der Waals surface area contributed by atoms with Gasteiger partial charge in [0, 0.05) is 0 Å². The van der Waals surface area contributed by atoms with Crippen molar-refractivity contribution in [2.75, 3.05) is 0 Å². The van der Waals surface area contributed by atoms with Crippen LogP contribution < -0.4 is 0 Å². The van der Waals surface area contributed by atoms with Gasteiger partial charge in [0.25, 0.3) is 0 Å². The second kappa shape index (κ2) is 2.92. The molecule has 1 heterocycles. The summed E-state index contributed by atoms with van der Waals surface area (Å²) in [6.45, 7) is 8.90. The lowest BCUT2D eigenvalue weighted by Crippen LogP contribution is -2.33. The Hall–Kier alpha value is -1.16. The van der Waals surface area contributed by atoms with Gasteiger partial charge in [-0.25, -0.2) is 0 Å². The van der Waals surface area contributed by atoms with Crippen LogP contribution in [-0.2, 0) is 0 Å². The molecule has 0 aliphatic heterocycles. The van der Waals surface area contributed by atoms with Crippen LogP contribution in [0.5, 0.6) is 0 Å². The maximum atomic E-state index is 4.24. The molecule has 2 rings (SSSR count). The highest BCUT2D eigenvalue weighted by Gasteiger charge is 2.20. The topological polar surface area (TPSA) is 30.7 Å². The van der Waals surface area contributed by atoms with Crippen molar-refractivity contribution in [3.05, 3.63) is 23.8 Å². The molecule has 0 fully saturated rings. The summed E-state index contributed by atoms with van der Waals surface area (Å²) in [5.41, 5.74) is 3.43. The van der Waals surface area contributed by atoms with Gasteiger partial charge in [-0.15, -0.1) is 5.10 Å². The predicted octanol–water partition coefficient (Wildman–Crippen LogP) is 2.42. The molecule has 0 bridgehead atoms. The van der Waals surface area contributed by atoms with Gasteiger partial charge in [0.2, 0.25) is 0 Å². The SMILES string of the molecule is Cc1ccc2nnn([Si](C)(C)C)c2c1. The first kappa shape index (κ1) is 9.39. The van der Waals surface area contributed by atoms with Crippen LogP contribution in [0.15, 0.2) is 18.2 Å². The highest BCUT2D eigenvalue weighted by molar-refractivity contribution is 6.74. The Morgan fingerprint density at radius 1 is 1.21 bits per heavy atom. The minimum absolute atomic E-state index is 0.998. The van der Waals surface area contributed by atoms with Crippen LogP contribution in [-0.4, -0.2) is 22.9 Å². The lowest BCUT2D eigenvalue weighted by Gasteiger charge is -2.16. The Labute approximate surface area is 84.8 Å². The standard InChI is InChI=1S/C10H15N3Si/c1-8-5-6-9-10(7-8)13(12-11-9)14(2,3)4/h5-7H,1-4H3. The number of fused-ring (bicyclic) bond motifs is 1. The van der Waals surface area contributed by atoms with Crippen LogP contribution in [0.4, 0.5) is 0 Å². The lowest BCUT2D eigenvalue weighted by molar-refractivity contribution is 0.862. The number of aromatic nitrogens is 3. The fraction of sp³-hybridized carbons (Fsp3) is 0.400. The molecule has 0 N–H and O–H groups in total. The lowest BCUT2D eigenvalue weighted by atomic mass is 10.2. The first-order valence-electron chi connectivity index (χ1n) is 4.81. The molecule has 0 amide bonds. The minimum atomic E-state index is -1.43. The van der Waals surface area contributed by atoms with Crippen molar-refractivity contribution in [3.8, 4) is 0 Å². The second-order valence-electron chi connectivity index (χ2n) is 4.66. The van der Waals surface area contributed by atoms with E-state index in [9.17, 15) is 0 Å². The van der Waals surface area contributed by atoms with Gasteiger partial charge < -0.3 is 0 Å². The normalized spacial score (nSPS) is 12.3. The van der Waals surface area contributed by atoms with Gasteiger partial charge in [-0.3, -0.25) is 4.35 Å². The van der Waals surface area contributed by atoms with E-state index in [2.05, 4.69) is 53.4 Å². The summed E-state index contributed by atoms with van der Waals surface area (Å²) in [4.78, 5) is 0. The van der Waals surface area contributed by atoms with Crippen LogP contribution in [0.2, 0.25) is 19.6 Å². The molecule has 0 aliphatic carbocycles. The quantitative estimate of drug-likeness (QED) is 0.669. The van der Waals surface area contributed by atoms with E-state index in [0.29, 0.717) is 0 Å². The fourth-order valence-electron chi connectivity index (χ4n) is 1.52. The number of aryl methyl sites for hydroxylation is 1. The maximum Gasteiger partial charge on any atom is 0.179 e. The molecule has 1 aromatic carbocycles. The van der Waals surface area contributed by atoms with E-state index in [1.54, 1.807) is 0 Å². The zero-order valence-corrected chi connectivity index (χ0v) is 10.1. The van der Waals surface area contributed by atoms with Crippen molar-refractivity contribution in [3.63, 3.8) is 0 Å². The molecule has 4 heteroatoms. The third-order valence-corrected chi connectivity index (χ3v) is 3.84. The molecule has 0 unspecified atom stereocenters. The van der Waals surface area contributed by atoms with Crippen molar-refractivity contribution >= 4 is 19.3 Å². The van der Waals surface area contributed by atoms with Gasteiger partial charge in [0.1, 0.15) is 5.52 Å². The van der Waals surface area contributed by atoms with E-state index in [1.807, 2.05) is 6.07 Å². The average Bonchev–Trinajstić information content (AvgIpc) is 2.45. The van der Waals surface area contributed by atoms with Crippen molar-refractivity contribution in [1.82, 2.24) is 14.7 Å². The summed E-state index contributed by atoms with van der Waals surface area (Å²) in [6, 6.07) is 6.27. The predicted molar refractivity (Wildman–Crippen MR) is 61.0 cm³/mol. The molecular weight excluding hydrogens is 190 g/mol. The summed E-state index contributed by atoms with van der Waals surface area (Å²) in [5.74, 6) is 0. The summed E-state index contributed by atoms with van der Waals surface area (Å²) >= 11 is 0. The van der Waals surface area contributed by atoms with Crippen molar-refractivity contribution in [1.29, 1.82) is 0 Å². The van der Waals surface area contributed by atoms with Crippen LogP contribution in [0.25, 0.3) is 11.0 Å². The van der Waals surface area contributed by atoms with Crippen LogP contribution in [0.1, 0.15) is 5.56 Å². The third-order valence-electron chi connectivity index (χ3n) is 2.24. The Bertz CT molecular complexity index is 468. The molecule has 14 heavy (non-hydrogen) atoms. The third kappa shape index (κ3) is 1.46. The monoisotopic (exact) mass is 205 g/mol. The summed E-state index contributed by atoms with van der Waals surface area (Å²) in [5, 5.41) is 8.41. The van der Waals surface area contributed by atoms with Gasteiger partial charge >= 0.3 is 0 Å². The first-order valence-corrected chi connectivity index (χ1v) is 8.26. The van der Waals surface area contributed by atoms with Crippen molar-refractivity contribution < 1.29 is 0 Å². The van der Waals surface area contributed by atoms with E-state index in [4.69, 9.17) is 0 Å². The van der Waals surface area contributed by atoms with Crippen LogP contribution >= 0.6 is 0 Å². The van der Waals surface area contributed by atoms with Gasteiger partial charge in [0.15, 0.2) is 8.24 Å². The van der Waals surface area contributed by atoms with Gasteiger partial charge in [-0.1, -0.05) is 11.3 Å². The van der Waals surface area contributed by atoms with E-state index in [-0.39, 0.29) is 0 Å². The van der Waals surface area contributed by atoms with E-state index in [0.717, 1.165) is 5.52 Å².